The molecule has 1 N–H and O–H groups in total. The zero-order valence-electron chi connectivity index (χ0n) is 16.6. The van der Waals surface area contributed by atoms with E-state index in [1.54, 1.807) is 18.5 Å². The number of hydrogen-bond donors (Lipinski definition) is 1. The Kier molecular flexibility index (Phi) is 4.72. The Morgan fingerprint density at radius 2 is 2.17 bits per heavy atom. The summed E-state index contributed by atoms with van der Waals surface area (Å²) in [4.78, 5) is 23.0. The van der Waals surface area contributed by atoms with E-state index in [1.165, 1.54) is 0 Å². The van der Waals surface area contributed by atoms with Gasteiger partial charge in [0.05, 0.1) is 11.7 Å². The molecule has 4 heterocycles. The average Bonchev–Trinajstić information content (AvgIpc) is 3.45. The maximum atomic E-state index is 12.3. The summed E-state index contributed by atoms with van der Waals surface area (Å²) < 4.78 is 6.44. The zero-order valence-corrected chi connectivity index (χ0v) is 16.6. The van der Waals surface area contributed by atoms with E-state index in [9.17, 15) is 10.1 Å². The topological polar surface area (TPSA) is 91.1 Å². The van der Waals surface area contributed by atoms with E-state index >= 15 is 0 Å². The number of rotatable bonds is 5. The molecule has 0 unspecified atom stereocenters. The number of nitrogens with one attached hydrogen (secondary N) is 1. The minimum absolute atomic E-state index is 0.0915. The van der Waals surface area contributed by atoms with E-state index in [0.29, 0.717) is 24.0 Å². The molecule has 1 aromatic heterocycles. The Morgan fingerprint density at radius 3 is 3.00 bits per heavy atom. The predicted molar refractivity (Wildman–Crippen MR) is 111 cm³/mol. The van der Waals surface area contributed by atoms with Crippen LogP contribution in [0.15, 0.2) is 48.8 Å². The summed E-state index contributed by atoms with van der Waals surface area (Å²) in [5, 5.41) is 12.4. The van der Waals surface area contributed by atoms with Gasteiger partial charge >= 0.3 is 0 Å². The maximum Gasteiger partial charge on any atom is 0.244 e. The van der Waals surface area contributed by atoms with Crippen LogP contribution in [0.25, 0.3) is 6.08 Å². The first-order valence-corrected chi connectivity index (χ1v) is 10.3. The van der Waals surface area contributed by atoms with E-state index in [-0.39, 0.29) is 23.5 Å². The van der Waals surface area contributed by atoms with Gasteiger partial charge in [0.1, 0.15) is 6.07 Å². The summed E-state index contributed by atoms with van der Waals surface area (Å²) >= 11 is 0. The standard InChI is InChI=1S/C23H23N5O2/c24-12-19-22(26-11-10-25-19)28-14-18-17(20-8-9-23(18,15-28)30-20)13-27-21(29)7-6-16-4-2-1-3-5-16/h1-7,10-11,17-18,20H,8-9,13-15H2,(H,27,29)/b7-6+/t17-,18+,20+,23+/m0/s1. The molecule has 0 saturated carbocycles. The fourth-order valence-corrected chi connectivity index (χ4v) is 5.28. The van der Waals surface area contributed by atoms with Gasteiger partial charge in [-0.05, 0) is 24.5 Å². The van der Waals surface area contributed by atoms with Gasteiger partial charge < -0.3 is 15.0 Å². The minimum atomic E-state index is -0.204. The molecule has 1 aromatic carbocycles. The summed E-state index contributed by atoms with van der Waals surface area (Å²) in [6, 6.07) is 11.9. The Morgan fingerprint density at radius 1 is 1.33 bits per heavy atom. The molecular formula is C23H23N5O2. The number of anilines is 1. The molecule has 3 aliphatic rings. The number of hydrogen-bond acceptors (Lipinski definition) is 6. The van der Waals surface area contributed by atoms with Gasteiger partial charge in [0.15, 0.2) is 11.5 Å². The number of benzene rings is 1. The quantitative estimate of drug-likeness (QED) is 0.772. The molecule has 2 aromatic rings. The molecule has 0 radical (unpaired) electrons. The summed E-state index contributed by atoms with van der Waals surface area (Å²) in [5.41, 5.74) is 1.14. The van der Waals surface area contributed by atoms with Crippen molar-refractivity contribution in [1.82, 2.24) is 15.3 Å². The molecular weight excluding hydrogens is 378 g/mol. The van der Waals surface area contributed by atoms with E-state index in [1.807, 2.05) is 36.4 Å². The highest BCUT2D eigenvalue weighted by Gasteiger charge is 2.63. The smallest absolute Gasteiger partial charge is 0.244 e. The molecule has 3 fully saturated rings. The lowest BCUT2D eigenvalue weighted by Gasteiger charge is -2.29. The van der Waals surface area contributed by atoms with Gasteiger partial charge in [-0.1, -0.05) is 30.3 Å². The van der Waals surface area contributed by atoms with Crippen LogP contribution in [0.2, 0.25) is 0 Å². The number of nitrogens with zero attached hydrogens (tertiary/aromatic N) is 4. The molecule has 152 valence electrons. The van der Waals surface area contributed by atoms with Crippen molar-refractivity contribution >= 4 is 17.8 Å². The van der Waals surface area contributed by atoms with Crippen LogP contribution in [0.1, 0.15) is 24.1 Å². The first-order chi connectivity index (χ1) is 14.7. The highest BCUT2D eigenvalue weighted by molar-refractivity contribution is 5.91. The number of carbonyl (C=O) groups excluding carboxylic acids is 1. The van der Waals surface area contributed by atoms with Gasteiger partial charge in [-0.15, -0.1) is 0 Å². The second-order valence-corrected chi connectivity index (χ2v) is 8.24. The van der Waals surface area contributed by atoms with Gasteiger partial charge in [0.2, 0.25) is 5.91 Å². The van der Waals surface area contributed by atoms with Crippen LogP contribution in [0.5, 0.6) is 0 Å². The Hall–Kier alpha value is -3.24. The number of fused-ring (bicyclic) bond motifs is 1. The van der Waals surface area contributed by atoms with Gasteiger partial charge in [0, 0.05) is 49.9 Å². The lowest BCUT2D eigenvalue weighted by Crippen LogP contribution is -2.41. The molecule has 30 heavy (non-hydrogen) atoms. The van der Waals surface area contributed by atoms with Crippen LogP contribution in [0, 0.1) is 23.2 Å². The maximum absolute atomic E-state index is 12.3. The van der Waals surface area contributed by atoms with Gasteiger partial charge in [-0.3, -0.25) is 4.79 Å². The van der Waals surface area contributed by atoms with Crippen molar-refractivity contribution in [3.05, 3.63) is 60.1 Å². The average molecular weight is 401 g/mol. The number of ether oxygens (including phenoxy) is 1. The largest absolute Gasteiger partial charge is 0.369 e. The number of aromatic nitrogens is 2. The van der Waals surface area contributed by atoms with Crippen LogP contribution in [0.3, 0.4) is 0 Å². The highest BCUT2D eigenvalue weighted by Crippen LogP contribution is 2.55. The summed E-state index contributed by atoms with van der Waals surface area (Å²) in [7, 11) is 0. The van der Waals surface area contributed by atoms with E-state index < -0.39 is 0 Å². The third kappa shape index (κ3) is 3.23. The summed E-state index contributed by atoms with van der Waals surface area (Å²) in [6.07, 6.45) is 8.78. The van der Waals surface area contributed by atoms with Crippen LogP contribution in [-0.2, 0) is 9.53 Å². The van der Waals surface area contributed by atoms with E-state index in [4.69, 9.17) is 4.74 Å². The van der Waals surface area contributed by atoms with Gasteiger partial charge in [-0.25, -0.2) is 9.97 Å². The number of carbonyl (C=O) groups is 1. The van der Waals surface area contributed by atoms with E-state index in [2.05, 4.69) is 26.3 Å². The molecule has 1 amide bonds. The van der Waals surface area contributed by atoms with Crippen molar-refractivity contribution in [3.63, 3.8) is 0 Å². The normalized spacial score (nSPS) is 29.2. The van der Waals surface area contributed by atoms with Crippen LogP contribution >= 0.6 is 0 Å². The fraction of sp³-hybridized carbons (Fsp3) is 0.391. The Bertz CT molecular complexity index is 1020. The molecule has 7 heteroatoms. The predicted octanol–water partition coefficient (Wildman–Crippen LogP) is 2.16. The van der Waals surface area contributed by atoms with Crippen LogP contribution in [-0.4, -0.2) is 47.2 Å². The molecule has 5 rings (SSSR count). The molecule has 3 saturated heterocycles. The third-order valence-corrected chi connectivity index (χ3v) is 6.61. The minimum Gasteiger partial charge on any atom is -0.369 e. The number of amides is 1. The van der Waals surface area contributed by atoms with Crippen molar-refractivity contribution in [2.45, 2.75) is 24.5 Å². The SMILES string of the molecule is N#Cc1nccnc1N1C[C@@H]2[C@H](CNC(=O)/C=C/c3ccccc3)[C@H]3CC[C@]2(C1)O3. The van der Waals surface area contributed by atoms with Crippen molar-refractivity contribution in [1.29, 1.82) is 5.26 Å². The molecule has 4 atom stereocenters. The lowest BCUT2D eigenvalue weighted by molar-refractivity contribution is -0.116. The van der Waals surface area contributed by atoms with Gasteiger partial charge in [-0.2, -0.15) is 5.26 Å². The first-order valence-electron chi connectivity index (χ1n) is 10.3. The molecule has 3 aliphatic heterocycles. The number of nitriles is 1. The lowest BCUT2D eigenvalue weighted by atomic mass is 9.73. The first kappa shape index (κ1) is 18.8. The third-order valence-electron chi connectivity index (χ3n) is 6.61. The zero-order chi connectivity index (χ0) is 20.6. The molecule has 0 aliphatic carbocycles. The fourth-order valence-electron chi connectivity index (χ4n) is 5.28. The Labute approximate surface area is 175 Å². The van der Waals surface area contributed by atoms with Crippen molar-refractivity contribution in [3.8, 4) is 6.07 Å². The van der Waals surface area contributed by atoms with Crippen molar-refractivity contribution < 1.29 is 9.53 Å². The highest BCUT2D eigenvalue weighted by atomic mass is 16.5. The van der Waals surface area contributed by atoms with Crippen LogP contribution in [0.4, 0.5) is 5.82 Å². The monoisotopic (exact) mass is 401 g/mol. The summed E-state index contributed by atoms with van der Waals surface area (Å²) in [6.45, 7) is 2.08. The van der Waals surface area contributed by atoms with Gasteiger partial charge in [0.25, 0.3) is 0 Å². The second kappa shape index (κ2) is 7.54. The summed E-state index contributed by atoms with van der Waals surface area (Å²) in [5.74, 6) is 1.11. The van der Waals surface area contributed by atoms with Crippen LogP contribution < -0.4 is 10.2 Å². The van der Waals surface area contributed by atoms with Crippen molar-refractivity contribution in [2.75, 3.05) is 24.5 Å². The molecule has 2 bridgehead atoms. The Balaban J connectivity index is 1.26. The molecule has 1 spiro atoms. The van der Waals surface area contributed by atoms with E-state index in [0.717, 1.165) is 31.5 Å². The second-order valence-electron chi connectivity index (χ2n) is 8.24. The van der Waals surface area contributed by atoms with Crippen molar-refractivity contribution in [2.24, 2.45) is 11.8 Å². The molecule has 7 nitrogen and oxygen atoms in total.